The number of benzene rings is 1. The van der Waals surface area contributed by atoms with Crippen molar-refractivity contribution in [2.24, 2.45) is 0 Å². The lowest BCUT2D eigenvalue weighted by Gasteiger charge is -2.09. The molecule has 3 rings (SSSR count). The van der Waals surface area contributed by atoms with Crippen LogP contribution in [0.25, 0.3) is 21.8 Å². The van der Waals surface area contributed by atoms with Gasteiger partial charge in [-0.3, -0.25) is 0 Å². The summed E-state index contributed by atoms with van der Waals surface area (Å²) < 4.78 is 5.37. The van der Waals surface area contributed by atoms with E-state index < -0.39 is 23.9 Å². The Morgan fingerprint density at radius 1 is 0.949 bits per heavy atom. The number of nitrogens with one attached hydrogen (secondary N) is 3. The van der Waals surface area contributed by atoms with E-state index in [1.165, 1.54) is 0 Å². The molecule has 0 saturated heterocycles. The molecule has 0 atom stereocenters. The molecule has 0 radical (unpaired) electrons. The number of aromatic amines is 1. The SMILES string of the molecule is CCNCCCNc1ncc(C)c2[nH]c3ccc(OC)cc3c12.O=C(O)/C=C/C(=O)O.O=C(O)/C=C/C(=O)O. The standard InChI is InChI=1S/C18H24N4O.2C4H4O4/c1-4-19-8-5-9-20-18-16-14-10-13(23-3)6-7-15(14)22-17(16)12(2)11-21-18;2*5-3(6)1-2-4(7)8/h6-7,10-11,19,22H,4-5,8-9H2,1-3H3,(H,20,21);2*1-2H,(H,5,6)(H,7,8)/b;2*2-1+. The fourth-order valence-corrected chi connectivity index (χ4v) is 3.15. The number of carboxylic acids is 4. The number of hydrogen-bond acceptors (Lipinski definition) is 8. The molecule has 13 nitrogen and oxygen atoms in total. The summed E-state index contributed by atoms with van der Waals surface area (Å²) in [5.41, 5.74) is 3.39. The average molecular weight is 545 g/mol. The molecule has 1 aromatic carbocycles. The predicted octanol–water partition coefficient (Wildman–Crippen LogP) is 2.87. The summed E-state index contributed by atoms with van der Waals surface area (Å²) in [5, 5.41) is 40.3. The molecule has 0 saturated carbocycles. The van der Waals surface area contributed by atoms with Crippen molar-refractivity contribution in [1.29, 1.82) is 0 Å². The number of methoxy groups -OCH3 is 1. The van der Waals surface area contributed by atoms with Crippen molar-refractivity contribution in [3.63, 3.8) is 0 Å². The number of pyridine rings is 1. The summed E-state index contributed by atoms with van der Waals surface area (Å²) in [6.07, 6.45) is 5.22. The maximum Gasteiger partial charge on any atom is 0.328 e. The van der Waals surface area contributed by atoms with Crippen LogP contribution in [0.2, 0.25) is 0 Å². The van der Waals surface area contributed by atoms with Crippen LogP contribution in [0.5, 0.6) is 5.75 Å². The number of carboxylic acid groups (broad SMARTS) is 4. The molecule has 2 aromatic heterocycles. The van der Waals surface area contributed by atoms with Gasteiger partial charge in [0.2, 0.25) is 0 Å². The first-order chi connectivity index (χ1) is 18.5. The highest BCUT2D eigenvalue weighted by Crippen LogP contribution is 2.34. The van der Waals surface area contributed by atoms with Gasteiger partial charge in [-0.15, -0.1) is 0 Å². The molecule has 0 aliphatic carbocycles. The number of rotatable bonds is 11. The Balaban J connectivity index is 0.000000393. The van der Waals surface area contributed by atoms with E-state index in [4.69, 9.17) is 25.2 Å². The monoisotopic (exact) mass is 544 g/mol. The lowest BCUT2D eigenvalue weighted by atomic mass is 10.1. The largest absolute Gasteiger partial charge is 0.497 e. The molecule has 2 heterocycles. The number of nitrogens with zero attached hydrogens (tertiary/aromatic N) is 1. The van der Waals surface area contributed by atoms with Crippen molar-refractivity contribution in [1.82, 2.24) is 15.3 Å². The summed E-state index contributed by atoms with van der Waals surface area (Å²) in [4.78, 5) is 46.3. The van der Waals surface area contributed by atoms with Gasteiger partial charge >= 0.3 is 23.9 Å². The minimum atomic E-state index is -1.26. The van der Waals surface area contributed by atoms with Gasteiger partial charge in [0.05, 0.1) is 18.0 Å². The van der Waals surface area contributed by atoms with Crippen LogP contribution in [0.1, 0.15) is 18.9 Å². The highest BCUT2D eigenvalue weighted by Gasteiger charge is 2.12. The van der Waals surface area contributed by atoms with Gasteiger partial charge in [0.15, 0.2) is 0 Å². The maximum atomic E-state index is 9.55. The van der Waals surface area contributed by atoms with Crippen molar-refractivity contribution >= 4 is 51.5 Å². The number of ether oxygens (including phenoxy) is 1. The van der Waals surface area contributed by atoms with Crippen molar-refractivity contribution in [2.45, 2.75) is 20.3 Å². The fraction of sp³-hybridized carbons (Fsp3) is 0.269. The summed E-state index contributed by atoms with van der Waals surface area (Å²) >= 11 is 0. The van der Waals surface area contributed by atoms with Crippen LogP contribution in [-0.2, 0) is 19.2 Å². The zero-order valence-corrected chi connectivity index (χ0v) is 21.7. The van der Waals surface area contributed by atoms with Crippen LogP contribution >= 0.6 is 0 Å². The molecular weight excluding hydrogens is 512 g/mol. The number of hydrogen-bond donors (Lipinski definition) is 7. The van der Waals surface area contributed by atoms with E-state index in [1.54, 1.807) is 7.11 Å². The molecule has 7 N–H and O–H groups in total. The summed E-state index contributed by atoms with van der Waals surface area (Å²) in [5.74, 6) is -3.24. The fourth-order valence-electron chi connectivity index (χ4n) is 3.15. The van der Waals surface area contributed by atoms with Gasteiger partial charge in [-0.1, -0.05) is 6.92 Å². The van der Waals surface area contributed by atoms with Crippen LogP contribution in [-0.4, -0.2) is 81.0 Å². The van der Waals surface area contributed by atoms with E-state index in [2.05, 4.69) is 46.6 Å². The molecule has 0 bridgehead atoms. The molecule has 210 valence electrons. The van der Waals surface area contributed by atoms with Crippen molar-refractivity contribution in [3.8, 4) is 5.75 Å². The first-order valence-electron chi connectivity index (χ1n) is 11.7. The number of aryl methyl sites for hydroxylation is 1. The van der Waals surface area contributed by atoms with Crippen LogP contribution in [0.15, 0.2) is 48.7 Å². The van der Waals surface area contributed by atoms with Crippen molar-refractivity contribution in [2.75, 3.05) is 32.1 Å². The van der Waals surface area contributed by atoms with E-state index in [9.17, 15) is 19.2 Å². The number of aliphatic carboxylic acids is 4. The van der Waals surface area contributed by atoms with Gasteiger partial charge in [0, 0.05) is 47.9 Å². The molecule has 0 unspecified atom stereocenters. The zero-order chi connectivity index (χ0) is 29.4. The minimum Gasteiger partial charge on any atom is -0.497 e. The first-order valence-corrected chi connectivity index (χ1v) is 11.7. The Morgan fingerprint density at radius 3 is 2.00 bits per heavy atom. The molecular formula is C26H32N4O9. The van der Waals surface area contributed by atoms with Crippen LogP contribution in [0.4, 0.5) is 5.82 Å². The summed E-state index contributed by atoms with van der Waals surface area (Å²) in [6, 6.07) is 6.10. The quantitative estimate of drug-likeness (QED) is 0.137. The molecule has 3 aromatic rings. The molecule has 0 aliphatic heterocycles. The highest BCUT2D eigenvalue weighted by atomic mass is 16.5. The molecule has 39 heavy (non-hydrogen) atoms. The Morgan fingerprint density at radius 2 is 1.51 bits per heavy atom. The zero-order valence-electron chi connectivity index (χ0n) is 21.7. The van der Waals surface area contributed by atoms with Crippen molar-refractivity contribution in [3.05, 3.63) is 54.3 Å². The lowest BCUT2D eigenvalue weighted by Crippen LogP contribution is -2.17. The number of carbonyl (C=O) groups is 4. The van der Waals surface area contributed by atoms with Gasteiger partial charge in [0.25, 0.3) is 0 Å². The van der Waals surface area contributed by atoms with E-state index >= 15 is 0 Å². The molecule has 0 amide bonds. The maximum absolute atomic E-state index is 9.55. The van der Waals surface area contributed by atoms with E-state index in [0.29, 0.717) is 24.3 Å². The van der Waals surface area contributed by atoms with Crippen LogP contribution in [0.3, 0.4) is 0 Å². The van der Waals surface area contributed by atoms with Gasteiger partial charge < -0.3 is 40.8 Å². The molecule has 0 fully saturated rings. The van der Waals surface area contributed by atoms with Gasteiger partial charge in [-0.05, 0) is 50.2 Å². The molecule has 0 aliphatic rings. The van der Waals surface area contributed by atoms with E-state index in [0.717, 1.165) is 65.0 Å². The summed E-state index contributed by atoms with van der Waals surface area (Å²) in [7, 11) is 1.69. The normalized spacial score (nSPS) is 10.5. The Kier molecular flexibility index (Phi) is 13.8. The Hall–Kier alpha value is -4.91. The van der Waals surface area contributed by atoms with E-state index in [1.807, 2.05) is 12.3 Å². The predicted molar refractivity (Wildman–Crippen MR) is 145 cm³/mol. The third kappa shape index (κ3) is 11.8. The Bertz CT molecular complexity index is 1280. The second-order valence-electron chi connectivity index (χ2n) is 7.73. The number of fused-ring (bicyclic) bond motifs is 3. The minimum absolute atomic E-state index is 0.558. The number of H-pyrrole nitrogens is 1. The van der Waals surface area contributed by atoms with Gasteiger partial charge in [-0.25, -0.2) is 24.2 Å². The third-order valence-electron chi connectivity index (χ3n) is 4.83. The average Bonchev–Trinajstić information content (AvgIpc) is 3.28. The Labute approximate surface area is 223 Å². The van der Waals surface area contributed by atoms with Crippen LogP contribution < -0.4 is 15.4 Å². The third-order valence-corrected chi connectivity index (χ3v) is 4.83. The van der Waals surface area contributed by atoms with Crippen molar-refractivity contribution < 1.29 is 44.3 Å². The molecule has 13 heteroatoms. The van der Waals surface area contributed by atoms with E-state index in [-0.39, 0.29) is 0 Å². The molecule has 0 spiro atoms. The number of anilines is 1. The summed E-state index contributed by atoms with van der Waals surface area (Å²) in [6.45, 7) is 7.12. The first kappa shape index (κ1) is 32.1. The van der Waals surface area contributed by atoms with Gasteiger partial charge in [0.1, 0.15) is 11.6 Å². The lowest BCUT2D eigenvalue weighted by molar-refractivity contribution is -0.134. The topological polar surface area (TPSA) is 211 Å². The van der Waals surface area contributed by atoms with Crippen LogP contribution in [0, 0.1) is 6.92 Å². The van der Waals surface area contributed by atoms with Gasteiger partial charge in [-0.2, -0.15) is 0 Å². The highest BCUT2D eigenvalue weighted by molar-refractivity contribution is 6.13. The second-order valence-corrected chi connectivity index (χ2v) is 7.73. The smallest absolute Gasteiger partial charge is 0.328 e. The number of aromatic nitrogens is 2. The second kappa shape index (κ2) is 16.8.